The summed E-state index contributed by atoms with van der Waals surface area (Å²) in [5, 5.41) is 5.44. The molecule has 24 heavy (non-hydrogen) atoms. The van der Waals surface area contributed by atoms with Crippen molar-refractivity contribution in [3.8, 4) is 5.75 Å². The number of quaternary nitrogens is 1. The summed E-state index contributed by atoms with van der Waals surface area (Å²) in [6.45, 7) is 2.04. The Kier molecular flexibility index (Phi) is 4.03. The molecule has 1 atom stereocenters. The molecular formula is C20H29N2O2+. The molecule has 0 heterocycles. The third kappa shape index (κ3) is 2.92. The lowest BCUT2D eigenvalue weighted by atomic mass is 9.53. The van der Waals surface area contributed by atoms with E-state index in [0.717, 1.165) is 23.4 Å². The molecule has 1 aromatic carbocycles. The molecule has 4 bridgehead atoms. The summed E-state index contributed by atoms with van der Waals surface area (Å²) in [4.78, 5) is 12.7. The SMILES string of the molecule is COc1ccccc1NC(=O)[C@H](C)[NH2+]C12CC3CC(CC(C3)C1)C2. The molecule has 3 N–H and O–H groups in total. The van der Waals surface area contributed by atoms with Crippen LogP contribution in [-0.2, 0) is 4.79 Å². The fraction of sp³-hybridized carbons (Fsp3) is 0.650. The lowest BCUT2D eigenvalue weighted by molar-refractivity contribution is -0.754. The summed E-state index contributed by atoms with van der Waals surface area (Å²) < 4.78 is 5.34. The summed E-state index contributed by atoms with van der Waals surface area (Å²) in [5.41, 5.74) is 1.09. The number of hydrogen-bond donors (Lipinski definition) is 2. The molecule has 4 aliphatic rings. The first-order valence-corrected chi connectivity index (χ1v) is 9.37. The van der Waals surface area contributed by atoms with Gasteiger partial charge in [-0.15, -0.1) is 0 Å². The highest BCUT2D eigenvalue weighted by Crippen LogP contribution is 2.54. The zero-order valence-corrected chi connectivity index (χ0v) is 14.8. The predicted octanol–water partition coefficient (Wildman–Crippen LogP) is 2.55. The van der Waals surface area contributed by atoms with Gasteiger partial charge in [0.25, 0.3) is 5.91 Å². The maximum absolute atomic E-state index is 12.7. The Morgan fingerprint density at radius 3 is 2.33 bits per heavy atom. The van der Waals surface area contributed by atoms with E-state index in [-0.39, 0.29) is 11.9 Å². The summed E-state index contributed by atoms with van der Waals surface area (Å²) in [6, 6.07) is 7.55. The van der Waals surface area contributed by atoms with Gasteiger partial charge >= 0.3 is 0 Å². The highest BCUT2D eigenvalue weighted by molar-refractivity contribution is 5.94. The fourth-order valence-electron chi connectivity index (χ4n) is 5.98. The van der Waals surface area contributed by atoms with E-state index >= 15 is 0 Å². The van der Waals surface area contributed by atoms with Crippen molar-refractivity contribution in [2.24, 2.45) is 17.8 Å². The van der Waals surface area contributed by atoms with Crippen molar-refractivity contribution in [3.63, 3.8) is 0 Å². The van der Waals surface area contributed by atoms with Gasteiger partial charge in [0.1, 0.15) is 5.75 Å². The van der Waals surface area contributed by atoms with Crippen LogP contribution in [-0.4, -0.2) is 24.6 Å². The summed E-state index contributed by atoms with van der Waals surface area (Å²) in [7, 11) is 1.63. The van der Waals surface area contributed by atoms with Crippen LogP contribution in [0.3, 0.4) is 0 Å². The first kappa shape index (κ1) is 15.9. The van der Waals surface area contributed by atoms with Crippen molar-refractivity contribution in [1.82, 2.24) is 0 Å². The van der Waals surface area contributed by atoms with Crippen LogP contribution < -0.4 is 15.4 Å². The van der Waals surface area contributed by atoms with Gasteiger partial charge in [-0.1, -0.05) is 12.1 Å². The minimum Gasteiger partial charge on any atom is -0.495 e. The van der Waals surface area contributed by atoms with Crippen LogP contribution in [0.2, 0.25) is 0 Å². The van der Waals surface area contributed by atoms with Crippen LogP contribution in [0.1, 0.15) is 45.4 Å². The van der Waals surface area contributed by atoms with E-state index in [2.05, 4.69) is 10.6 Å². The van der Waals surface area contributed by atoms with Crippen LogP contribution in [0.4, 0.5) is 5.69 Å². The monoisotopic (exact) mass is 329 g/mol. The van der Waals surface area contributed by atoms with Gasteiger partial charge in [0.2, 0.25) is 0 Å². The zero-order chi connectivity index (χ0) is 16.7. The molecule has 0 spiro atoms. The third-order valence-corrected chi connectivity index (χ3v) is 6.47. The molecule has 0 aromatic heterocycles. The van der Waals surface area contributed by atoms with Crippen molar-refractivity contribution in [1.29, 1.82) is 0 Å². The third-order valence-electron chi connectivity index (χ3n) is 6.47. The van der Waals surface area contributed by atoms with Crippen molar-refractivity contribution >= 4 is 11.6 Å². The number of hydrogen-bond acceptors (Lipinski definition) is 2. The second-order valence-corrected chi connectivity index (χ2v) is 8.42. The lowest BCUT2D eigenvalue weighted by Gasteiger charge is -2.55. The Morgan fingerprint density at radius 2 is 1.75 bits per heavy atom. The van der Waals surface area contributed by atoms with Crippen molar-refractivity contribution in [3.05, 3.63) is 24.3 Å². The second kappa shape index (κ2) is 6.07. The number of anilines is 1. The number of amides is 1. The van der Waals surface area contributed by atoms with Gasteiger partial charge in [-0.3, -0.25) is 4.79 Å². The van der Waals surface area contributed by atoms with Crippen molar-refractivity contribution in [2.75, 3.05) is 12.4 Å². The molecule has 4 nitrogen and oxygen atoms in total. The molecule has 0 saturated heterocycles. The van der Waals surface area contributed by atoms with Crippen molar-refractivity contribution in [2.45, 2.75) is 57.0 Å². The van der Waals surface area contributed by atoms with E-state index in [0.29, 0.717) is 11.3 Å². The van der Waals surface area contributed by atoms with Crippen molar-refractivity contribution < 1.29 is 14.8 Å². The lowest BCUT2D eigenvalue weighted by Crippen LogP contribution is -3.03. The largest absolute Gasteiger partial charge is 0.495 e. The number of nitrogens with one attached hydrogen (secondary N) is 1. The molecule has 1 amide bonds. The topological polar surface area (TPSA) is 54.9 Å². The molecule has 5 rings (SSSR count). The van der Waals surface area contributed by atoms with E-state index in [1.54, 1.807) is 7.11 Å². The van der Waals surface area contributed by atoms with Gasteiger partial charge in [0.05, 0.1) is 18.3 Å². The van der Waals surface area contributed by atoms with Gasteiger partial charge in [0.15, 0.2) is 6.04 Å². The number of rotatable bonds is 5. The number of para-hydroxylation sites is 2. The number of benzene rings is 1. The zero-order valence-electron chi connectivity index (χ0n) is 14.8. The number of carbonyl (C=O) groups excluding carboxylic acids is 1. The highest BCUT2D eigenvalue weighted by Gasteiger charge is 2.54. The van der Waals surface area contributed by atoms with E-state index in [4.69, 9.17) is 4.74 Å². The standard InChI is InChI=1S/C20H28N2O2/c1-13(19(23)21-17-5-3-4-6-18(17)24-2)22-20-10-14-7-15(11-20)9-16(8-14)12-20/h3-6,13-16,22H,7-12H2,1-2H3,(H,21,23)/p+1/t13-,14?,15?,16?,20?/m0/s1. The number of methoxy groups -OCH3 is 1. The first-order valence-electron chi connectivity index (χ1n) is 9.37. The van der Waals surface area contributed by atoms with Crippen LogP contribution >= 0.6 is 0 Å². The normalized spacial score (nSPS) is 34.8. The Bertz CT molecular complexity index is 593. The minimum atomic E-state index is -0.0637. The summed E-state index contributed by atoms with van der Waals surface area (Å²) in [5.74, 6) is 3.54. The Morgan fingerprint density at radius 1 is 1.17 bits per heavy atom. The quantitative estimate of drug-likeness (QED) is 0.872. The van der Waals surface area contributed by atoms with E-state index in [1.807, 2.05) is 31.2 Å². The highest BCUT2D eigenvalue weighted by atomic mass is 16.5. The molecule has 4 saturated carbocycles. The first-order chi connectivity index (χ1) is 11.6. The maximum Gasteiger partial charge on any atom is 0.282 e. The number of ether oxygens (including phenoxy) is 1. The fourth-order valence-corrected chi connectivity index (χ4v) is 5.98. The molecule has 0 radical (unpaired) electrons. The van der Waals surface area contributed by atoms with Gasteiger partial charge in [-0.2, -0.15) is 0 Å². The summed E-state index contributed by atoms with van der Waals surface area (Å²) >= 11 is 0. The van der Waals surface area contributed by atoms with Crippen LogP contribution in [0, 0.1) is 17.8 Å². The van der Waals surface area contributed by atoms with Gasteiger partial charge in [0, 0.05) is 19.3 Å². The van der Waals surface area contributed by atoms with Gasteiger partial charge in [-0.05, 0) is 56.1 Å². The average Bonchev–Trinajstić information content (AvgIpc) is 2.53. The molecule has 4 aliphatic carbocycles. The van der Waals surface area contributed by atoms with E-state index < -0.39 is 0 Å². The van der Waals surface area contributed by atoms with Gasteiger partial charge in [-0.25, -0.2) is 0 Å². The Hall–Kier alpha value is -1.55. The Labute approximate surface area is 144 Å². The number of carbonyl (C=O) groups is 1. The smallest absolute Gasteiger partial charge is 0.282 e. The second-order valence-electron chi connectivity index (χ2n) is 8.42. The molecule has 1 aromatic rings. The average molecular weight is 329 g/mol. The van der Waals surface area contributed by atoms with Crippen LogP contribution in [0.25, 0.3) is 0 Å². The van der Waals surface area contributed by atoms with E-state index in [1.165, 1.54) is 38.5 Å². The number of nitrogens with two attached hydrogens (primary N) is 1. The van der Waals surface area contributed by atoms with Crippen LogP contribution in [0.5, 0.6) is 5.75 Å². The molecular weight excluding hydrogens is 300 g/mol. The van der Waals surface area contributed by atoms with E-state index in [9.17, 15) is 4.79 Å². The predicted molar refractivity (Wildman–Crippen MR) is 93.9 cm³/mol. The minimum absolute atomic E-state index is 0.0637. The molecule has 0 unspecified atom stereocenters. The molecule has 0 aliphatic heterocycles. The summed E-state index contributed by atoms with van der Waals surface area (Å²) in [6.07, 6.45) is 8.25. The Balaban J connectivity index is 1.42. The molecule has 130 valence electrons. The molecule has 4 heteroatoms. The van der Waals surface area contributed by atoms with Gasteiger partial charge < -0.3 is 15.4 Å². The molecule has 4 fully saturated rings. The van der Waals surface area contributed by atoms with Crippen LogP contribution in [0.15, 0.2) is 24.3 Å². The maximum atomic E-state index is 12.7.